The van der Waals surface area contributed by atoms with Crippen molar-refractivity contribution in [3.8, 4) is 68.1 Å². The molecule has 0 bridgehead atoms. The molecule has 0 saturated carbocycles. The fraction of sp³-hybridized carbons (Fsp3) is 0.111. The molecule has 0 N–H and O–H groups in total. The molecule has 246 valence electrons. The van der Waals surface area contributed by atoms with Gasteiger partial charge in [0, 0.05) is 23.9 Å². The smallest absolute Gasteiger partial charge is 0.260 e. The second-order valence-corrected chi connectivity index (χ2v) is 13.7. The summed E-state index contributed by atoms with van der Waals surface area (Å²) in [6.45, 7) is 8.40. The molecule has 2 aliphatic heterocycles. The standard InChI is InChI=1S/C45H35BN2O3/c1-27(2)31-18-21-48-42(25-31)49-34-15-17-41-38(26-34)46-37-23-33(14-16-40(37)50-44-28(3)22-29(4)45(51-41)43(44)46)39-24-32(19-20-47-39)36-13-9-8-12-35(36)30-10-6-5-7-11-30/h5-27H,1-4H3. The Morgan fingerprint density at radius 2 is 1.25 bits per heavy atom. The van der Waals surface area contributed by atoms with Gasteiger partial charge in [0.05, 0.1) is 5.69 Å². The lowest BCUT2D eigenvalue weighted by Gasteiger charge is -2.35. The molecule has 51 heavy (non-hydrogen) atoms. The Morgan fingerprint density at radius 1 is 0.588 bits per heavy atom. The SMILES string of the molecule is Cc1cc(C)c2c3c1Oc1ccc(Oc4cc(C(C)C)ccn4)cc1B3c1cc(-c3cc(-c4ccccc4-c4ccccc4)ccn3)ccc1O2. The van der Waals surface area contributed by atoms with Crippen LogP contribution < -0.4 is 30.6 Å². The number of fused-ring (bicyclic) bond motifs is 4. The highest BCUT2D eigenvalue weighted by Gasteiger charge is 2.42. The fourth-order valence-corrected chi connectivity index (χ4v) is 7.47. The van der Waals surface area contributed by atoms with Crippen molar-refractivity contribution in [2.45, 2.75) is 33.6 Å². The van der Waals surface area contributed by atoms with Crippen molar-refractivity contribution in [1.82, 2.24) is 9.97 Å². The summed E-state index contributed by atoms with van der Waals surface area (Å²) in [4.78, 5) is 9.38. The number of hydrogen-bond acceptors (Lipinski definition) is 5. The maximum atomic E-state index is 6.69. The first-order chi connectivity index (χ1) is 24.9. The van der Waals surface area contributed by atoms with Crippen LogP contribution in [0.2, 0.25) is 0 Å². The van der Waals surface area contributed by atoms with E-state index in [1.165, 1.54) is 16.7 Å². The van der Waals surface area contributed by atoms with Crippen LogP contribution in [-0.2, 0) is 0 Å². The van der Waals surface area contributed by atoms with Crippen molar-refractivity contribution < 1.29 is 14.2 Å². The molecular weight excluding hydrogens is 627 g/mol. The van der Waals surface area contributed by atoms with Gasteiger partial charge in [-0.05, 0) is 130 Å². The minimum absolute atomic E-state index is 0.137. The number of nitrogens with zero attached hydrogens (tertiary/aromatic N) is 2. The summed E-state index contributed by atoms with van der Waals surface area (Å²) in [5, 5.41) is 0. The van der Waals surface area contributed by atoms with E-state index >= 15 is 0 Å². The lowest BCUT2D eigenvalue weighted by Crippen LogP contribution is -2.57. The first kappa shape index (κ1) is 30.9. The lowest BCUT2D eigenvalue weighted by atomic mass is 9.34. The van der Waals surface area contributed by atoms with E-state index in [9.17, 15) is 0 Å². The quantitative estimate of drug-likeness (QED) is 0.166. The number of benzene rings is 5. The van der Waals surface area contributed by atoms with Crippen molar-refractivity contribution in [3.63, 3.8) is 0 Å². The average molecular weight is 663 g/mol. The highest BCUT2D eigenvalue weighted by Crippen LogP contribution is 2.40. The lowest BCUT2D eigenvalue weighted by molar-refractivity contribution is 0.451. The van der Waals surface area contributed by atoms with E-state index < -0.39 is 0 Å². The van der Waals surface area contributed by atoms with E-state index in [-0.39, 0.29) is 6.71 Å². The minimum atomic E-state index is -0.137. The molecule has 0 saturated heterocycles. The second kappa shape index (κ2) is 12.3. The van der Waals surface area contributed by atoms with E-state index in [0.717, 1.165) is 72.9 Å². The van der Waals surface area contributed by atoms with Crippen LogP contribution in [0.1, 0.15) is 36.5 Å². The van der Waals surface area contributed by atoms with E-state index in [1.807, 2.05) is 36.5 Å². The maximum absolute atomic E-state index is 6.69. The van der Waals surface area contributed by atoms with Gasteiger partial charge in [-0.25, -0.2) is 4.98 Å². The van der Waals surface area contributed by atoms with E-state index in [4.69, 9.17) is 19.2 Å². The average Bonchev–Trinajstić information content (AvgIpc) is 3.17. The fourth-order valence-electron chi connectivity index (χ4n) is 7.47. The summed E-state index contributed by atoms with van der Waals surface area (Å²) in [6, 6.07) is 42.0. The predicted octanol–water partition coefficient (Wildman–Crippen LogP) is 9.74. The van der Waals surface area contributed by atoms with Crippen LogP contribution in [0.5, 0.6) is 34.6 Å². The number of ether oxygens (including phenoxy) is 3. The molecule has 0 unspecified atom stereocenters. The third-order valence-corrected chi connectivity index (χ3v) is 9.99. The summed E-state index contributed by atoms with van der Waals surface area (Å²) >= 11 is 0. The van der Waals surface area contributed by atoms with E-state index in [0.29, 0.717) is 17.5 Å². The summed E-state index contributed by atoms with van der Waals surface area (Å²) in [6.07, 6.45) is 3.71. The first-order valence-electron chi connectivity index (χ1n) is 17.4. The molecule has 2 aromatic heterocycles. The number of pyridine rings is 2. The summed E-state index contributed by atoms with van der Waals surface area (Å²) < 4.78 is 19.7. The van der Waals surface area contributed by atoms with Crippen LogP contribution in [0.4, 0.5) is 0 Å². The van der Waals surface area contributed by atoms with Gasteiger partial charge < -0.3 is 14.2 Å². The van der Waals surface area contributed by atoms with Gasteiger partial charge in [0.2, 0.25) is 5.88 Å². The number of hydrogen-bond donors (Lipinski definition) is 0. The third kappa shape index (κ3) is 5.44. The zero-order valence-corrected chi connectivity index (χ0v) is 29.0. The third-order valence-electron chi connectivity index (χ3n) is 9.99. The predicted molar refractivity (Wildman–Crippen MR) is 206 cm³/mol. The Morgan fingerprint density at radius 3 is 2.00 bits per heavy atom. The van der Waals surface area contributed by atoms with Gasteiger partial charge >= 0.3 is 0 Å². The monoisotopic (exact) mass is 662 g/mol. The Labute approximate surface area is 298 Å². The van der Waals surface area contributed by atoms with Crippen LogP contribution in [0.3, 0.4) is 0 Å². The minimum Gasteiger partial charge on any atom is -0.458 e. The van der Waals surface area contributed by atoms with Gasteiger partial charge in [0.15, 0.2) is 0 Å². The van der Waals surface area contributed by atoms with Crippen LogP contribution in [0, 0.1) is 13.8 Å². The van der Waals surface area contributed by atoms with Crippen molar-refractivity contribution in [2.75, 3.05) is 0 Å². The Hall–Kier alpha value is -6.14. The Bertz CT molecular complexity index is 2460. The molecule has 9 rings (SSSR count). The van der Waals surface area contributed by atoms with Crippen LogP contribution in [0.15, 0.2) is 134 Å². The van der Waals surface area contributed by atoms with E-state index in [2.05, 4.69) is 124 Å². The van der Waals surface area contributed by atoms with Crippen molar-refractivity contribution in [1.29, 1.82) is 0 Å². The van der Waals surface area contributed by atoms with Crippen molar-refractivity contribution in [3.05, 3.63) is 150 Å². The number of aromatic nitrogens is 2. The highest BCUT2D eigenvalue weighted by atomic mass is 16.5. The molecule has 0 aliphatic carbocycles. The van der Waals surface area contributed by atoms with Crippen LogP contribution in [-0.4, -0.2) is 16.7 Å². The zero-order chi connectivity index (χ0) is 34.6. The molecule has 0 radical (unpaired) electrons. The largest absolute Gasteiger partial charge is 0.458 e. The highest BCUT2D eigenvalue weighted by molar-refractivity contribution is 6.98. The normalized spacial score (nSPS) is 12.4. The zero-order valence-electron chi connectivity index (χ0n) is 29.0. The Kier molecular flexibility index (Phi) is 7.47. The second-order valence-electron chi connectivity index (χ2n) is 13.7. The molecule has 4 heterocycles. The number of aryl methyl sites for hydroxylation is 2. The molecular formula is C45H35BN2O3. The van der Waals surface area contributed by atoms with Gasteiger partial charge in [-0.1, -0.05) is 74.5 Å². The molecule has 0 spiro atoms. The van der Waals surface area contributed by atoms with Gasteiger partial charge in [-0.3, -0.25) is 4.98 Å². The van der Waals surface area contributed by atoms with Gasteiger partial charge in [-0.2, -0.15) is 0 Å². The molecule has 0 atom stereocenters. The number of rotatable bonds is 6. The molecule has 6 heteroatoms. The van der Waals surface area contributed by atoms with Gasteiger partial charge in [-0.15, -0.1) is 0 Å². The van der Waals surface area contributed by atoms with Crippen LogP contribution in [0.25, 0.3) is 33.5 Å². The molecule has 0 amide bonds. The van der Waals surface area contributed by atoms with E-state index in [1.54, 1.807) is 6.20 Å². The van der Waals surface area contributed by atoms with Crippen molar-refractivity contribution >= 4 is 23.1 Å². The first-order valence-corrected chi connectivity index (χ1v) is 17.4. The molecule has 0 fully saturated rings. The summed E-state index contributed by atoms with van der Waals surface area (Å²) in [7, 11) is 0. The summed E-state index contributed by atoms with van der Waals surface area (Å²) in [5.74, 6) is 4.97. The Balaban J connectivity index is 1.16. The summed E-state index contributed by atoms with van der Waals surface area (Å²) in [5.41, 5.74) is 13.0. The molecule has 5 aromatic carbocycles. The molecule has 7 aromatic rings. The van der Waals surface area contributed by atoms with Crippen molar-refractivity contribution in [2.24, 2.45) is 0 Å². The molecule has 2 aliphatic rings. The van der Waals surface area contributed by atoms with Gasteiger partial charge in [0.1, 0.15) is 28.7 Å². The topological polar surface area (TPSA) is 53.5 Å². The van der Waals surface area contributed by atoms with Gasteiger partial charge in [0.25, 0.3) is 6.71 Å². The molecule has 5 nitrogen and oxygen atoms in total. The maximum Gasteiger partial charge on any atom is 0.260 e. The van der Waals surface area contributed by atoms with Crippen LogP contribution >= 0.6 is 0 Å².